The summed E-state index contributed by atoms with van der Waals surface area (Å²) < 4.78 is 2.39. The first-order valence-corrected chi connectivity index (χ1v) is 17.7. The molecule has 8 aromatic carbocycles. The van der Waals surface area contributed by atoms with Gasteiger partial charge in [0.25, 0.3) is 0 Å². The third-order valence-corrected chi connectivity index (χ3v) is 11.2. The zero-order valence-corrected chi connectivity index (χ0v) is 27.8. The van der Waals surface area contributed by atoms with Gasteiger partial charge in [0.1, 0.15) is 0 Å². The van der Waals surface area contributed by atoms with Gasteiger partial charge in [0.15, 0.2) is 0 Å². The predicted octanol–water partition coefficient (Wildman–Crippen LogP) is 12.5. The summed E-state index contributed by atoms with van der Waals surface area (Å²) in [6, 6.07) is 69.1. The second-order valence-corrected chi connectivity index (χ2v) is 13.8. The molecule has 0 saturated heterocycles. The van der Waals surface area contributed by atoms with E-state index < -0.39 is 5.41 Å². The third kappa shape index (κ3) is 3.93. The molecule has 9 aromatic rings. The average Bonchev–Trinajstić information content (AvgIpc) is 3.80. The van der Waals surface area contributed by atoms with Crippen molar-refractivity contribution in [2.45, 2.75) is 5.41 Å². The summed E-state index contributed by atoms with van der Waals surface area (Å²) in [4.78, 5) is 0. The first-order chi connectivity index (χ1) is 25.3. The van der Waals surface area contributed by atoms with E-state index in [0.29, 0.717) is 0 Å². The Kier molecular flexibility index (Phi) is 5.91. The van der Waals surface area contributed by atoms with Crippen LogP contribution in [0, 0.1) is 0 Å². The van der Waals surface area contributed by atoms with Crippen LogP contribution in [-0.4, -0.2) is 4.57 Å². The number of hydrogen-bond donors (Lipinski definition) is 1. The van der Waals surface area contributed by atoms with E-state index in [2.05, 4.69) is 198 Å². The van der Waals surface area contributed by atoms with Crippen LogP contribution < -0.4 is 5.32 Å². The molecular weight excluding hydrogens is 617 g/mol. The summed E-state index contributed by atoms with van der Waals surface area (Å²) >= 11 is 0. The zero-order valence-electron chi connectivity index (χ0n) is 27.8. The van der Waals surface area contributed by atoms with Crippen molar-refractivity contribution in [2.24, 2.45) is 0 Å². The fraction of sp³-hybridized carbons (Fsp3) is 0.0204. The van der Waals surface area contributed by atoms with E-state index in [1.807, 2.05) is 0 Å². The molecule has 1 spiro atoms. The standard InChI is InChI=1S/C49H32N2/c1-3-13-34(14-4-1)50-35-25-27-40-39-26-23-33(30-45(39)49(46(40)31-35)43-20-10-7-17-37(43)38-18-8-11-21-44(38)49)32-24-28-48-42(29-32)41-19-9-12-22-47(41)51(48)36-15-5-2-6-16-36/h1-31,50H. The van der Waals surface area contributed by atoms with Gasteiger partial charge < -0.3 is 9.88 Å². The van der Waals surface area contributed by atoms with Crippen molar-refractivity contribution >= 4 is 33.2 Å². The highest BCUT2D eigenvalue weighted by Gasteiger charge is 2.51. The summed E-state index contributed by atoms with van der Waals surface area (Å²) in [5.74, 6) is 0. The maximum atomic E-state index is 3.70. The van der Waals surface area contributed by atoms with Gasteiger partial charge in [0, 0.05) is 27.8 Å². The number of fused-ring (bicyclic) bond motifs is 13. The second-order valence-electron chi connectivity index (χ2n) is 13.8. The number of nitrogens with zero attached hydrogens (tertiary/aromatic N) is 1. The fourth-order valence-electron chi connectivity index (χ4n) is 9.09. The second kappa shape index (κ2) is 10.7. The molecule has 1 aromatic heterocycles. The normalized spacial score (nSPS) is 13.3. The third-order valence-electron chi connectivity index (χ3n) is 11.2. The molecule has 0 unspecified atom stereocenters. The molecule has 51 heavy (non-hydrogen) atoms. The summed E-state index contributed by atoms with van der Waals surface area (Å²) in [7, 11) is 0. The number of aromatic nitrogens is 1. The molecule has 2 aliphatic rings. The lowest BCUT2D eigenvalue weighted by Crippen LogP contribution is -2.26. The van der Waals surface area contributed by atoms with Crippen molar-refractivity contribution in [3.63, 3.8) is 0 Å². The van der Waals surface area contributed by atoms with Crippen LogP contribution in [0.1, 0.15) is 22.3 Å². The highest BCUT2D eigenvalue weighted by molar-refractivity contribution is 6.10. The van der Waals surface area contributed by atoms with E-state index in [0.717, 1.165) is 11.4 Å². The molecule has 2 aliphatic carbocycles. The minimum Gasteiger partial charge on any atom is -0.356 e. The molecule has 2 heteroatoms. The summed E-state index contributed by atoms with van der Waals surface area (Å²) in [5.41, 5.74) is 18.4. The van der Waals surface area contributed by atoms with Crippen molar-refractivity contribution in [3.05, 3.63) is 210 Å². The van der Waals surface area contributed by atoms with Crippen LogP contribution in [0.25, 0.3) is 60.9 Å². The monoisotopic (exact) mass is 648 g/mol. The quantitative estimate of drug-likeness (QED) is 0.201. The van der Waals surface area contributed by atoms with Crippen molar-refractivity contribution in [1.82, 2.24) is 4.57 Å². The van der Waals surface area contributed by atoms with Crippen LogP contribution in [0.4, 0.5) is 11.4 Å². The van der Waals surface area contributed by atoms with Gasteiger partial charge in [0.2, 0.25) is 0 Å². The van der Waals surface area contributed by atoms with Crippen LogP contribution in [0.2, 0.25) is 0 Å². The molecule has 11 rings (SSSR count). The molecular formula is C49H32N2. The predicted molar refractivity (Wildman–Crippen MR) is 212 cm³/mol. The van der Waals surface area contributed by atoms with Crippen LogP contribution in [0.15, 0.2) is 188 Å². The van der Waals surface area contributed by atoms with Gasteiger partial charge >= 0.3 is 0 Å². The van der Waals surface area contributed by atoms with Crippen LogP contribution in [0.5, 0.6) is 0 Å². The zero-order chi connectivity index (χ0) is 33.5. The van der Waals surface area contributed by atoms with Gasteiger partial charge in [-0.25, -0.2) is 0 Å². The van der Waals surface area contributed by atoms with Crippen LogP contribution in [0.3, 0.4) is 0 Å². The van der Waals surface area contributed by atoms with E-state index in [4.69, 9.17) is 0 Å². The molecule has 238 valence electrons. The molecule has 2 nitrogen and oxygen atoms in total. The number of nitrogens with one attached hydrogen (secondary N) is 1. The number of benzene rings is 8. The van der Waals surface area contributed by atoms with E-state index >= 15 is 0 Å². The fourth-order valence-corrected chi connectivity index (χ4v) is 9.09. The Morgan fingerprint density at radius 2 is 0.902 bits per heavy atom. The Labute approximate surface area is 296 Å². The van der Waals surface area contributed by atoms with Crippen LogP contribution >= 0.6 is 0 Å². The lowest BCUT2D eigenvalue weighted by molar-refractivity contribution is 0.794. The Morgan fingerprint density at radius 1 is 0.353 bits per heavy atom. The van der Waals surface area contributed by atoms with E-state index in [9.17, 15) is 0 Å². The average molecular weight is 649 g/mol. The molecule has 0 saturated carbocycles. The van der Waals surface area contributed by atoms with Crippen LogP contribution in [-0.2, 0) is 5.41 Å². The maximum Gasteiger partial charge on any atom is 0.0726 e. The molecule has 0 fully saturated rings. The summed E-state index contributed by atoms with van der Waals surface area (Å²) in [6.07, 6.45) is 0. The van der Waals surface area contributed by atoms with Gasteiger partial charge in [-0.1, -0.05) is 127 Å². The number of para-hydroxylation sites is 3. The number of rotatable bonds is 4. The lowest BCUT2D eigenvalue weighted by atomic mass is 9.70. The highest BCUT2D eigenvalue weighted by Crippen LogP contribution is 2.63. The van der Waals surface area contributed by atoms with Gasteiger partial charge in [-0.05, 0) is 116 Å². The maximum absolute atomic E-state index is 3.70. The first-order valence-electron chi connectivity index (χ1n) is 17.7. The molecule has 0 bridgehead atoms. The van der Waals surface area contributed by atoms with E-state index in [-0.39, 0.29) is 0 Å². The number of hydrogen-bond acceptors (Lipinski definition) is 1. The van der Waals surface area contributed by atoms with Crippen molar-refractivity contribution in [2.75, 3.05) is 5.32 Å². The molecule has 1 heterocycles. The van der Waals surface area contributed by atoms with Gasteiger partial charge in [-0.2, -0.15) is 0 Å². The minimum atomic E-state index is -0.435. The summed E-state index contributed by atoms with van der Waals surface area (Å²) in [6.45, 7) is 0. The van der Waals surface area contributed by atoms with Crippen molar-refractivity contribution in [3.8, 4) is 39.1 Å². The molecule has 0 atom stereocenters. The highest BCUT2D eigenvalue weighted by atomic mass is 15.0. The van der Waals surface area contributed by atoms with Crippen molar-refractivity contribution < 1.29 is 0 Å². The Bertz CT molecular complexity index is 2780. The largest absolute Gasteiger partial charge is 0.356 e. The lowest BCUT2D eigenvalue weighted by Gasteiger charge is -2.31. The molecule has 0 radical (unpaired) electrons. The molecule has 0 amide bonds. The Balaban J connectivity index is 1.15. The number of anilines is 2. The molecule has 0 aliphatic heterocycles. The Morgan fingerprint density at radius 3 is 1.67 bits per heavy atom. The molecule has 1 N–H and O–H groups in total. The van der Waals surface area contributed by atoms with Crippen molar-refractivity contribution in [1.29, 1.82) is 0 Å². The minimum absolute atomic E-state index is 0.435. The van der Waals surface area contributed by atoms with E-state index in [1.54, 1.807) is 0 Å². The first kappa shape index (κ1) is 28.2. The summed E-state index contributed by atoms with van der Waals surface area (Å²) in [5, 5.41) is 6.22. The van der Waals surface area contributed by atoms with Gasteiger partial charge in [-0.15, -0.1) is 0 Å². The smallest absolute Gasteiger partial charge is 0.0726 e. The van der Waals surface area contributed by atoms with E-state index in [1.165, 1.54) is 83.1 Å². The topological polar surface area (TPSA) is 17.0 Å². The van der Waals surface area contributed by atoms with Gasteiger partial charge in [-0.3, -0.25) is 0 Å². The van der Waals surface area contributed by atoms with Gasteiger partial charge in [0.05, 0.1) is 16.4 Å². The Hall–Kier alpha value is -6.64. The SMILES string of the molecule is c1ccc(Nc2ccc3c(c2)C2(c4ccccc4-c4ccccc42)c2cc(-c4ccc5c(c4)c4ccccc4n5-c4ccccc4)ccc2-3)cc1.